The molecule has 0 radical (unpaired) electrons. The van der Waals surface area contributed by atoms with Crippen molar-refractivity contribution in [2.45, 2.75) is 65.2 Å². The van der Waals surface area contributed by atoms with Crippen molar-refractivity contribution in [3.05, 3.63) is 65.2 Å². The smallest absolute Gasteiger partial charge is 0.343 e. The first kappa shape index (κ1) is 26.8. The normalized spacial score (nSPS) is 10.8. The molecule has 0 saturated carbocycles. The predicted molar refractivity (Wildman–Crippen MR) is 134 cm³/mol. The summed E-state index contributed by atoms with van der Waals surface area (Å²) in [4.78, 5) is 35.9. The van der Waals surface area contributed by atoms with Crippen molar-refractivity contribution in [3.63, 3.8) is 0 Å². The second-order valence-electron chi connectivity index (χ2n) is 8.27. The van der Waals surface area contributed by atoms with Crippen LogP contribution in [-0.2, 0) is 9.59 Å². The lowest BCUT2D eigenvalue weighted by molar-refractivity contribution is -0.126. The van der Waals surface area contributed by atoms with E-state index >= 15 is 0 Å². The number of rotatable bonds is 14. The van der Waals surface area contributed by atoms with Crippen LogP contribution in [-0.4, -0.2) is 30.5 Å². The monoisotopic (exact) mass is 465 g/mol. The quantitative estimate of drug-likeness (QED) is 0.136. The molecule has 0 fully saturated rings. The van der Waals surface area contributed by atoms with E-state index in [9.17, 15) is 14.4 Å². The number of benzene rings is 2. The van der Waals surface area contributed by atoms with Crippen LogP contribution in [0.25, 0.3) is 0 Å². The topological polar surface area (TPSA) is 96.9 Å². The number of carbonyl (C=O) groups is 3. The molecule has 182 valence electrons. The van der Waals surface area contributed by atoms with Crippen molar-refractivity contribution in [3.8, 4) is 5.75 Å². The lowest BCUT2D eigenvalue weighted by atomic mass is 10.1. The number of amides is 2. The summed E-state index contributed by atoms with van der Waals surface area (Å²) >= 11 is 0. The van der Waals surface area contributed by atoms with E-state index in [0.29, 0.717) is 17.7 Å². The van der Waals surface area contributed by atoms with Gasteiger partial charge in [0, 0.05) is 6.42 Å². The second kappa shape index (κ2) is 15.4. The van der Waals surface area contributed by atoms with E-state index in [1.807, 2.05) is 19.1 Å². The molecule has 0 spiro atoms. The molecule has 34 heavy (non-hydrogen) atoms. The van der Waals surface area contributed by atoms with Gasteiger partial charge < -0.3 is 10.1 Å². The minimum atomic E-state index is -0.425. The maximum Gasteiger partial charge on any atom is 0.343 e. The number of hydrogen-bond acceptors (Lipinski definition) is 5. The number of aryl methyl sites for hydroxylation is 1. The molecule has 0 aliphatic carbocycles. The molecule has 0 saturated heterocycles. The summed E-state index contributed by atoms with van der Waals surface area (Å²) < 4.78 is 5.37. The van der Waals surface area contributed by atoms with Crippen LogP contribution in [0.5, 0.6) is 5.75 Å². The Morgan fingerprint density at radius 1 is 0.912 bits per heavy atom. The van der Waals surface area contributed by atoms with Crippen LogP contribution in [0.4, 0.5) is 0 Å². The largest absolute Gasteiger partial charge is 0.423 e. The number of unbranched alkanes of at least 4 members (excludes halogenated alkanes) is 6. The fourth-order valence-electron chi connectivity index (χ4n) is 3.29. The molecule has 7 nitrogen and oxygen atoms in total. The van der Waals surface area contributed by atoms with Crippen molar-refractivity contribution in [2.24, 2.45) is 5.10 Å². The first-order chi connectivity index (χ1) is 16.5. The highest BCUT2D eigenvalue weighted by atomic mass is 16.5. The van der Waals surface area contributed by atoms with Crippen molar-refractivity contribution in [2.75, 3.05) is 6.54 Å². The molecule has 2 amide bonds. The van der Waals surface area contributed by atoms with E-state index in [1.165, 1.54) is 31.9 Å². The SMILES string of the molecule is CCCCCCCCCC(=O)NCC(=O)N/N=C/c1ccc(OC(=O)c2cccc(C)c2)cc1. The molecular weight excluding hydrogens is 430 g/mol. The van der Waals surface area contributed by atoms with Crippen LogP contribution in [0.2, 0.25) is 0 Å². The van der Waals surface area contributed by atoms with E-state index < -0.39 is 11.9 Å². The average molecular weight is 466 g/mol. The van der Waals surface area contributed by atoms with Crippen molar-refractivity contribution >= 4 is 24.0 Å². The molecule has 2 aromatic rings. The first-order valence-electron chi connectivity index (χ1n) is 12.0. The van der Waals surface area contributed by atoms with E-state index in [4.69, 9.17) is 4.74 Å². The number of ether oxygens (including phenoxy) is 1. The van der Waals surface area contributed by atoms with Gasteiger partial charge in [0.1, 0.15) is 5.75 Å². The molecule has 2 aromatic carbocycles. The third kappa shape index (κ3) is 10.9. The number of esters is 1. The summed E-state index contributed by atoms with van der Waals surface area (Å²) in [7, 11) is 0. The first-order valence-corrected chi connectivity index (χ1v) is 12.0. The molecule has 0 aliphatic rings. The minimum Gasteiger partial charge on any atom is -0.423 e. The van der Waals surface area contributed by atoms with E-state index in [0.717, 1.165) is 30.4 Å². The van der Waals surface area contributed by atoms with Gasteiger partial charge in [-0.1, -0.05) is 63.1 Å². The molecule has 0 unspecified atom stereocenters. The molecule has 2 rings (SSSR count). The highest BCUT2D eigenvalue weighted by Crippen LogP contribution is 2.14. The second-order valence-corrected chi connectivity index (χ2v) is 8.27. The fourth-order valence-corrected chi connectivity index (χ4v) is 3.29. The molecule has 0 atom stereocenters. The number of nitrogens with zero attached hydrogens (tertiary/aromatic N) is 1. The van der Waals surface area contributed by atoms with E-state index in [2.05, 4.69) is 22.8 Å². The summed E-state index contributed by atoms with van der Waals surface area (Å²) in [5.74, 6) is -0.529. The number of nitrogens with one attached hydrogen (secondary N) is 2. The van der Waals surface area contributed by atoms with E-state index in [1.54, 1.807) is 36.4 Å². The molecule has 0 bridgehead atoms. The third-order valence-corrected chi connectivity index (χ3v) is 5.20. The summed E-state index contributed by atoms with van der Waals surface area (Å²) in [6.45, 7) is 3.99. The summed E-state index contributed by atoms with van der Waals surface area (Å²) in [6.07, 6.45) is 9.92. The Balaban J connectivity index is 1.63. The Morgan fingerprint density at radius 2 is 1.62 bits per heavy atom. The summed E-state index contributed by atoms with van der Waals surface area (Å²) in [5.41, 5.74) is 4.58. The highest BCUT2D eigenvalue weighted by Gasteiger charge is 2.08. The zero-order valence-electron chi connectivity index (χ0n) is 20.1. The van der Waals surface area contributed by atoms with Gasteiger partial charge in [0.15, 0.2) is 0 Å². The van der Waals surface area contributed by atoms with Crippen LogP contribution < -0.4 is 15.5 Å². The van der Waals surface area contributed by atoms with Crippen LogP contribution in [0, 0.1) is 6.92 Å². The lowest BCUT2D eigenvalue weighted by Crippen LogP contribution is -2.34. The van der Waals surface area contributed by atoms with Crippen LogP contribution in [0.15, 0.2) is 53.6 Å². The van der Waals surface area contributed by atoms with Gasteiger partial charge in [0.05, 0.1) is 18.3 Å². The van der Waals surface area contributed by atoms with Gasteiger partial charge in [-0.2, -0.15) is 5.10 Å². The Hall–Kier alpha value is -3.48. The zero-order chi connectivity index (χ0) is 24.6. The number of carbonyl (C=O) groups excluding carboxylic acids is 3. The van der Waals surface area contributed by atoms with Gasteiger partial charge in [0.25, 0.3) is 5.91 Å². The number of hydrazone groups is 1. The Bertz CT molecular complexity index is 955. The highest BCUT2D eigenvalue weighted by molar-refractivity contribution is 5.91. The maximum absolute atomic E-state index is 12.2. The predicted octanol–water partition coefficient (Wildman–Crippen LogP) is 4.92. The van der Waals surface area contributed by atoms with Gasteiger partial charge >= 0.3 is 5.97 Å². The molecule has 0 heterocycles. The van der Waals surface area contributed by atoms with Crippen molar-refractivity contribution < 1.29 is 19.1 Å². The molecule has 7 heteroatoms. The molecule has 0 aliphatic heterocycles. The minimum absolute atomic E-state index is 0.111. The maximum atomic E-state index is 12.2. The van der Waals surface area contributed by atoms with Crippen molar-refractivity contribution in [1.29, 1.82) is 0 Å². The Kier molecular flexibility index (Phi) is 12.1. The standard InChI is InChI=1S/C27H35N3O4/c1-3-4-5-6-7-8-9-13-25(31)28-20-26(32)30-29-19-22-14-16-24(17-15-22)34-27(33)23-12-10-11-21(2)18-23/h10-12,14-19H,3-9,13,20H2,1-2H3,(H,28,31)(H,30,32)/b29-19+. The van der Waals surface area contributed by atoms with Crippen LogP contribution in [0.3, 0.4) is 0 Å². The third-order valence-electron chi connectivity index (χ3n) is 5.20. The Morgan fingerprint density at radius 3 is 2.32 bits per heavy atom. The zero-order valence-corrected chi connectivity index (χ0v) is 20.1. The molecule has 2 N–H and O–H groups in total. The van der Waals surface area contributed by atoms with Gasteiger partial charge in [0.2, 0.25) is 5.91 Å². The Labute approximate surface area is 202 Å². The van der Waals surface area contributed by atoms with Gasteiger partial charge in [-0.15, -0.1) is 0 Å². The van der Waals surface area contributed by atoms with E-state index in [-0.39, 0.29) is 12.5 Å². The summed E-state index contributed by atoms with van der Waals surface area (Å²) in [6, 6.07) is 13.9. The van der Waals surface area contributed by atoms with Gasteiger partial charge in [-0.05, 0) is 55.3 Å². The number of hydrogen-bond donors (Lipinski definition) is 2. The lowest BCUT2D eigenvalue weighted by Gasteiger charge is -2.05. The van der Waals surface area contributed by atoms with Crippen LogP contribution >= 0.6 is 0 Å². The average Bonchev–Trinajstić information content (AvgIpc) is 2.83. The molecule has 0 aromatic heterocycles. The summed E-state index contributed by atoms with van der Waals surface area (Å²) in [5, 5.41) is 6.51. The van der Waals surface area contributed by atoms with Crippen LogP contribution in [0.1, 0.15) is 79.8 Å². The molecular formula is C27H35N3O4. The van der Waals surface area contributed by atoms with Gasteiger partial charge in [-0.25, -0.2) is 10.2 Å². The van der Waals surface area contributed by atoms with Crippen molar-refractivity contribution in [1.82, 2.24) is 10.7 Å². The van der Waals surface area contributed by atoms with Gasteiger partial charge in [-0.3, -0.25) is 9.59 Å². The fraction of sp³-hybridized carbons (Fsp3) is 0.407.